The summed E-state index contributed by atoms with van der Waals surface area (Å²) < 4.78 is 27.6. The Balaban J connectivity index is 1.68. The molecule has 0 bridgehead atoms. The minimum atomic E-state index is -0.688. The van der Waals surface area contributed by atoms with Crippen LogP contribution in [0.15, 0.2) is 57.9 Å². The monoisotopic (exact) mass is 556 g/mol. The number of nitrogens with zero attached hydrogens (tertiary/aromatic N) is 3. The van der Waals surface area contributed by atoms with Crippen LogP contribution in [0.4, 0.5) is 14.5 Å². The third-order valence-electron chi connectivity index (χ3n) is 5.82. The molecule has 7 nitrogen and oxygen atoms in total. The van der Waals surface area contributed by atoms with Crippen molar-refractivity contribution in [2.24, 2.45) is 0 Å². The average molecular weight is 557 g/mol. The summed E-state index contributed by atoms with van der Waals surface area (Å²) >= 11 is 3.44. The molecule has 36 heavy (non-hydrogen) atoms. The number of aromatic nitrogens is 3. The summed E-state index contributed by atoms with van der Waals surface area (Å²) in [5, 5.41) is 10.1. The number of fused-ring (bicyclic) bond motifs is 1. The number of aliphatic hydroxyl groups is 1. The number of benzene rings is 2. The molecule has 1 atom stereocenters. The fourth-order valence-corrected chi connectivity index (χ4v) is 4.61. The van der Waals surface area contributed by atoms with Crippen LogP contribution in [0.3, 0.4) is 0 Å². The molecule has 0 aliphatic carbocycles. The van der Waals surface area contributed by atoms with Crippen molar-refractivity contribution in [3.63, 3.8) is 0 Å². The summed E-state index contributed by atoms with van der Waals surface area (Å²) in [5.41, 5.74) is 2.01. The smallest absolute Gasteiger partial charge is 0.258 e. The van der Waals surface area contributed by atoms with Gasteiger partial charge in [-0.1, -0.05) is 13.0 Å². The van der Waals surface area contributed by atoms with Crippen LogP contribution in [0.2, 0.25) is 0 Å². The van der Waals surface area contributed by atoms with E-state index in [1.165, 1.54) is 24.0 Å². The molecule has 0 aliphatic rings. The predicted molar refractivity (Wildman–Crippen MR) is 137 cm³/mol. The maximum atomic E-state index is 13.5. The molecule has 0 radical (unpaired) electrons. The second-order valence-corrected chi connectivity index (χ2v) is 9.21. The molecule has 186 valence electrons. The summed E-state index contributed by atoms with van der Waals surface area (Å²) in [5.74, 6) is -1.24. The number of carbonyl (C=O) groups excluding carboxylic acids is 1. The number of halogens is 3. The van der Waals surface area contributed by atoms with Gasteiger partial charge in [-0.15, -0.1) is 0 Å². The number of aliphatic hydroxyl groups excluding tert-OH is 1. The van der Waals surface area contributed by atoms with E-state index < -0.39 is 17.7 Å². The Kier molecular flexibility index (Phi) is 7.56. The van der Waals surface area contributed by atoms with E-state index in [1.807, 2.05) is 6.92 Å². The second kappa shape index (κ2) is 10.6. The first-order chi connectivity index (χ1) is 17.2. The molecule has 2 N–H and O–H groups in total. The molecule has 4 aromatic rings. The van der Waals surface area contributed by atoms with E-state index in [0.29, 0.717) is 44.6 Å². The van der Waals surface area contributed by atoms with Gasteiger partial charge in [0.2, 0.25) is 5.91 Å². The van der Waals surface area contributed by atoms with Gasteiger partial charge in [-0.2, -0.15) is 0 Å². The molecule has 0 fully saturated rings. The van der Waals surface area contributed by atoms with E-state index in [1.54, 1.807) is 30.5 Å². The molecule has 0 saturated heterocycles. The number of anilines is 1. The SMILES string of the molecule is CCC(CO)N(C(C)=O)c1cc2nc(Cc3ccc(-c4cc(F)cc(F)c4)nc3)[nH]c(=O)c2cc1Br. The molecule has 4 rings (SSSR count). The van der Waals surface area contributed by atoms with Gasteiger partial charge in [-0.25, -0.2) is 13.8 Å². The maximum absolute atomic E-state index is 13.5. The molecule has 1 amide bonds. The van der Waals surface area contributed by atoms with Crippen LogP contribution < -0.4 is 10.5 Å². The fraction of sp³-hybridized carbons (Fsp3) is 0.231. The van der Waals surface area contributed by atoms with Crippen molar-refractivity contribution in [1.29, 1.82) is 0 Å². The predicted octanol–water partition coefficient (Wildman–Crippen LogP) is 4.74. The Morgan fingerprint density at radius 1 is 1.17 bits per heavy atom. The Bertz CT molecular complexity index is 1470. The molecule has 1 unspecified atom stereocenters. The van der Waals surface area contributed by atoms with Crippen molar-refractivity contribution in [3.05, 3.63) is 86.5 Å². The molecule has 2 heterocycles. The van der Waals surface area contributed by atoms with Crippen LogP contribution in [-0.2, 0) is 11.2 Å². The van der Waals surface area contributed by atoms with Crippen LogP contribution in [-0.4, -0.2) is 38.6 Å². The molecule has 2 aromatic heterocycles. The second-order valence-electron chi connectivity index (χ2n) is 8.35. The highest BCUT2D eigenvalue weighted by Gasteiger charge is 2.24. The average Bonchev–Trinajstić information content (AvgIpc) is 2.82. The molecular weight excluding hydrogens is 534 g/mol. The maximum Gasteiger partial charge on any atom is 0.258 e. The Morgan fingerprint density at radius 3 is 2.47 bits per heavy atom. The summed E-state index contributed by atoms with van der Waals surface area (Å²) in [7, 11) is 0. The fourth-order valence-electron chi connectivity index (χ4n) is 4.08. The van der Waals surface area contributed by atoms with Crippen LogP contribution >= 0.6 is 15.9 Å². The van der Waals surface area contributed by atoms with Gasteiger partial charge in [0.1, 0.15) is 17.5 Å². The standard InChI is InChI=1S/C26H23BrF2N4O3/c1-3-19(13-34)33(14(2)35)24-11-23-20(10-21(24)27)26(36)32-25(31-23)6-15-4-5-22(30-12-15)16-7-17(28)9-18(29)8-16/h4-5,7-12,19,34H,3,6,13H2,1-2H3,(H,31,32,36). The van der Waals surface area contributed by atoms with E-state index in [0.717, 1.165) is 11.6 Å². The first-order valence-electron chi connectivity index (χ1n) is 11.2. The third kappa shape index (κ3) is 5.34. The number of hydrogen-bond donors (Lipinski definition) is 2. The van der Waals surface area contributed by atoms with Crippen molar-refractivity contribution in [1.82, 2.24) is 15.0 Å². The number of pyridine rings is 1. The van der Waals surface area contributed by atoms with Crippen molar-refractivity contribution in [3.8, 4) is 11.3 Å². The Hall–Kier alpha value is -3.50. The van der Waals surface area contributed by atoms with E-state index in [-0.39, 0.29) is 24.5 Å². The molecule has 0 spiro atoms. The molecular formula is C26H23BrF2N4O3. The minimum absolute atomic E-state index is 0.208. The summed E-state index contributed by atoms with van der Waals surface area (Å²) in [4.78, 5) is 38.3. The van der Waals surface area contributed by atoms with Crippen LogP contribution in [0, 0.1) is 11.6 Å². The molecule has 2 aromatic carbocycles. The first kappa shape index (κ1) is 25.6. The number of hydrogen-bond acceptors (Lipinski definition) is 5. The van der Waals surface area contributed by atoms with Crippen LogP contribution in [0.25, 0.3) is 22.2 Å². The van der Waals surface area contributed by atoms with E-state index >= 15 is 0 Å². The highest BCUT2D eigenvalue weighted by molar-refractivity contribution is 9.10. The van der Waals surface area contributed by atoms with Gasteiger partial charge in [0.15, 0.2) is 0 Å². The van der Waals surface area contributed by atoms with Gasteiger partial charge in [0.25, 0.3) is 5.56 Å². The van der Waals surface area contributed by atoms with Crippen molar-refractivity contribution in [2.45, 2.75) is 32.7 Å². The Morgan fingerprint density at radius 2 is 1.89 bits per heavy atom. The molecule has 0 saturated carbocycles. The van der Waals surface area contributed by atoms with E-state index in [4.69, 9.17) is 0 Å². The van der Waals surface area contributed by atoms with Gasteiger partial charge in [0.05, 0.1) is 34.9 Å². The number of nitrogens with one attached hydrogen (secondary N) is 1. The molecule has 0 aliphatic heterocycles. The van der Waals surface area contributed by atoms with Crippen molar-refractivity contribution >= 4 is 38.4 Å². The van der Waals surface area contributed by atoms with Gasteiger partial charge in [-0.05, 0) is 58.2 Å². The number of aromatic amines is 1. The first-order valence-corrected chi connectivity index (χ1v) is 12.0. The molecule has 10 heteroatoms. The van der Waals surface area contributed by atoms with Gasteiger partial charge < -0.3 is 15.0 Å². The highest BCUT2D eigenvalue weighted by Crippen LogP contribution is 2.32. The van der Waals surface area contributed by atoms with Crippen LogP contribution in [0.5, 0.6) is 0 Å². The van der Waals surface area contributed by atoms with E-state index in [2.05, 4.69) is 30.9 Å². The van der Waals surface area contributed by atoms with E-state index in [9.17, 15) is 23.5 Å². The number of carbonyl (C=O) groups is 1. The van der Waals surface area contributed by atoms with Gasteiger partial charge in [-0.3, -0.25) is 14.6 Å². The van der Waals surface area contributed by atoms with Gasteiger partial charge in [0, 0.05) is 35.6 Å². The lowest BCUT2D eigenvalue weighted by molar-refractivity contribution is -0.117. The highest BCUT2D eigenvalue weighted by atomic mass is 79.9. The van der Waals surface area contributed by atoms with Crippen molar-refractivity contribution < 1.29 is 18.7 Å². The topological polar surface area (TPSA) is 99.2 Å². The minimum Gasteiger partial charge on any atom is -0.394 e. The number of rotatable bonds is 7. The lowest BCUT2D eigenvalue weighted by Crippen LogP contribution is -2.41. The zero-order valence-electron chi connectivity index (χ0n) is 19.6. The van der Waals surface area contributed by atoms with Crippen molar-refractivity contribution in [2.75, 3.05) is 11.5 Å². The lowest BCUT2D eigenvalue weighted by Gasteiger charge is -2.30. The summed E-state index contributed by atoms with van der Waals surface area (Å²) in [6.07, 6.45) is 2.35. The summed E-state index contributed by atoms with van der Waals surface area (Å²) in [6.45, 7) is 3.08. The number of H-pyrrole nitrogens is 1. The normalized spacial score (nSPS) is 12.1. The largest absolute Gasteiger partial charge is 0.394 e. The zero-order valence-corrected chi connectivity index (χ0v) is 21.1. The quantitative estimate of drug-likeness (QED) is 0.342. The van der Waals surface area contributed by atoms with Gasteiger partial charge >= 0.3 is 0 Å². The van der Waals surface area contributed by atoms with Crippen LogP contribution in [0.1, 0.15) is 31.7 Å². The number of amides is 1. The lowest BCUT2D eigenvalue weighted by atomic mass is 10.1. The summed E-state index contributed by atoms with van der Waals surface area (Å²) in [6, 6.07) is 9.42. The third-order valence-corrected chi connectivity index (χ3v) is 6.46. The Labute approximate surface area is 214 Å². The zero-order chi connectivity index (χ0) is 26.0.